The zero-order valence-corrected chi connectivity index (χ0v) is 8.16. The van der Waals surface area contributed by atoms with Crippen LogP contribution in [-0.2, 0) is 0 Å². The summed E-state index contributed by atoms with van der Waals surface area (Å²) >= 11 is 0. The Morgan fingerprint density at radius 1 is 1.79 bits per heavy atom. The van der Waals surface area contributed by atoms with E-state index in [4.69, 9.17) is 5.73 Å². The van der Waals surface area contributed by atoms with Gasteiger partial charge in [-0.1, -0.05) is 0 Å². The van der Waals surface area contributed by atoms with E-state index in [-0.39, 0.29) is 11.9 Å². The fourth-order valence-corrected chi connectivity index (χ4v) is 1.71. The second-order valence-corrected chi connectivity index (χ2v) is 3.71. The molecule has 0 spiro atoms. The summed E-state index contributed by atoms with van der Waals surface area (Å²) in [7, 11) is 0. The first-order valence-corrected chi connectivity index (χ1v) is 4.73. The Bertz CT molecular complexity index is 346. The number of aromatic amines is 1. The second kappa shape index (κ2) is 3.42. The van der Waals surface area contributed by atoms with Crippen LogP contribution in [0.3, 0.4) is 0 Å². The summed E-state index contributed by atoms with van der Waals surface area (Å²) in [6.07, 6.45) is 2.46. The van der Waals surface area contributed by atoms with Gasteiger partial charge in [-0.15, -0.1) is 0 Å². The highest BCUT2D eigenvalue weighted by molar-refractivity contribution is 5.95. The lowest BCUT2D eigenvalue weighted by atomic mass is 10.2. The van der Waals surface area contributed by atoms with Crippen molar-refractivity contribution in [3.8, 4) is 0 Å². The molecule has 2 heterocycles. The van der Waals surface area contributed by atoms with Gasteiger partial charge < -0.3 is 10.6 Å². The first kappa shape index (κ1) is 9.21. The first-order valence-electron chi connectivity index (χ1n) is 4.73. The van der Waals surface area contributed by atoms with E-state index in [1.54, 1.807) is 11.1 Å². The van der Waals surface area contributed by atoms with E-state index in [0.29, 0.717) is 12.1 Å². The molecule has 76 valence electrons. The number of hydrogen-bond donors (Lipinski definition) is 2. The van der Waals surface area contributed by atoms with Crippen molar-refractivity contribution >= 4 is 5.91 Å². The van der Waals surface area contributed by atoms with Crippen LogP contribution in [0, 0.1) is 6.92 Å². The molecule has 1 aromatic heterocycles. The zero-order chi connectivity index (χ0) is 10.1. The van der Waals surface area contributed by atoms with Crippen molar-refractivity contribution in [3.63, 3.8) is 0 Å². The van der Waals surface area contributed by atoms with Gasteiger partial charge >= 0.3 is 0 Å². The smallest absolute Gasteiger partial charge is 0.257 e. The van der Waals surface area contributed by atoms with Crippen molar-refractivity contribution in [1.82, 2.24) is 15.1 Å². The van der Waals surface area contributed by atoms with Gasteiger partial charge in [0, 0.05) is 24.8 Å². The van der Waals surface area contributed by atoms with Gasteiger partial charge in [0.15, 0.2) is 0 Å². The Balaban J connectivity index is 2.13. The molecule has 5 heteroatoms. The summed E-state index contributed by atoms with van der Waals surface area (Å²) in [4.78, 5) is 13.7. The van der Waals surface area contributed by atoms with Crippen LogP contribution in [0.5, 0.6) is 0 Å². The van der Waals surface area contributed by atoms with Crippen LogP contribution in [0.15, 0.2) is 6.20 Å². The molecule has 1 aliphatic heterocycles. The third-order valence-corrected chi connectivity index (χ3v) is 2.57. The summed E-state index contributed by atoms with van der Waals surface area (Å²) in [6.45, 7) is 3.25. The van der Waals surface area contributed by atoms with E-state index >= 15 is 0 Å². The predicted octanol–water partition coefficient (Wildman–Crippen LogP) is -0.109. The maximum absolute atomic E-state index is 11.9. The number of amides is 1. The SMILES string of the molecule is Cc1[nH]ncc1C(=O)N1CC[C@H](N)C1. The number of H-pyrrole nitrogens is 1. The van der Waals surface area contributed by atoms with Crippen LogP contribution in [-0.4, -0.2) is 40.1 Å². The molecular weight excluding hydrogens is 180 g/mol. The molecule has 0 aromatic carbocycles. The number of aromatic nitrogens is 2. The number of carbonyl (C=O) groups excluding carboxylic acids is 1. The van der Waals surface area contributed by atoms with E-state index < -0.39 is 0 Å². The molecular formula is C9H14N4O. The summed E-state index contributed by atoms with van der Waals surface area (Å²) < 4.78 is 0. The summed E-state index contributed by atoms with van der Waals surface area (Å²) in [5, 5.41) is 6.58. The summed E-state index contributed by atoms with van der Waals surface area (Å²) in [5.74, 6) is 0.0317. The molecule has 2 rings (SSSR count). The minimum atomic E-state index is 0.0317. The quantitative estimate of drug-likeness (QED) is 0.655. The average molecular weight is 194 g/mol. The molecule has 0 saturated carbocycles. The van der Waals surface area contributed by atoms with Gasteiger partial charge in [0.1, 0.15) is 0 Å². The maximum atomic E-state index is 11.9. The molecule has 0 radical (unpaired) electrons. The standard InChI is InChI=1S/C9H14N4O/c1-6-8(4-11-12-6)9(14)13-3-2-7(10)5-13/h4,7H,2-3,5,10H2,1H3,(H,11,12)/t7-/m0/s1. The van der Waals surface area contributed by atoms with Crippen LogP contribution in [0.2, 0.25) is 0 Å². The topological polar surface area (TPSA) is 75.0 Å². The third kappa shape index (κ3) is 1.50. The normalized spacial score (nSPS) is 21.6. The second-order valence-electron chi connectivity index (χ2n) is 3.71. The van der Waals surface area contributed by atoms with Crippen molar-refractivity contribution in [1.29, 1.82) is 0 Å². The fraction of sp³-hybridized carbons (Fsp3) is 0.556. The Hall–Kier alpha value is -1.36. The zero-order valence-electron chi connectivity index (χ0n) is 8.16. The number of carbonyl (C=O) groups is 1. The van der Waals surface area contributed by atoms with E-state index in [1.807, 2.05) is 6.92 Å². The lowest BCUT2D eigenvalue weighted by Gasteiger charge is -2.14. The molecule has 1 aliphatic rings. The highest BCUT2D eigenvalue weighted by Crippen LogP contribution is 2.13. The van der Waals surface area contributed by atoms with Gasteiger partial charge in [-0.3, -0.25) is 9.89 Å². The molecule has 3 N–H and O–H groups in total. The number of rotatable bonds is 1. The lowest BCUT2D eigenvalue weighted by molar-refractivity contribution is 0.0790. The first-order chi connectivity index (χ1) is 6.68. The minimum absolute atomic E-state index is 0.0317. The van der Waals surface area contributed by atoms with E-state index in [1.165, 1.54) is 0 Å². The molecule has 0 unspecified atom stereocenters. The van der Waals surface area contributed by atoms with Crippen LogP contribution in [0.25, 0.3) is 0 Å². The van der Waals surface area contributed by atoms with Crippen molar-refractivity contribution in [3.05, 3.63) is 17.5 Å². The molecule has 0 bridgehead atoms. The van der Waals surface area contributed by atoms with Crippen LogP contribution in [0.4, 0.5) is 0 Å². The van der Waals surface area contributed by atoms with Crippen molar-refractivity contribution in [2.45, 2.75) is 19.4 Å². The number of nitrogens with zero attached hydrogens (tertiary/aromatic N) is 2. The highest BCUT2D eigenvalue weighted by Gasteiger charge is 2.25. The predicted molar refractivity (Wildman–Crippen MR) is 51.8 cm³/mol. The number of aryl methyl sites for hydroxylation is 1. The Morgan fingerprint density at radius 3 is 3.07 bits per heavy atom. The molecule has 1 atom stereocenters. The molecule has 14 heavy (non-hydrogen) atoms. The molecule has 5 nitrogen and oxygen atoms in total. The minimum Gasteiger partial charge on any atom is -0.337 e. The Kier molecular flexibility index (Phi) is 2.25. The highest BCUT2D eigenvalue weighted by atomic mass is 16.2. The van der Waals surface area contributed by atoms with Gasteiger partial charge in [0.2, 0.25) is 0 Å². The molecule has 0 aliphatic carbocycles. The van der Waals surface area contributed by atoms with E-state index in [2.05, 4.69) is 10.2 Å². The molecule has 1 fully saturated rings. The number of nitrogens with one attached hydrogen (secondary N) is 1. The van der Waals surface area contributed by atoms with Crippen LogP contribution < -0.4 is 5.73 Å². The van der Waals surface area contributed by atoms with Gasteiger partial charge in [-0.2, -0.15) is 5.10 Å². The third-order valence-electron chi connectivity index (χ3n) is 2.57. The largest absolute Gasteiger partial charge is 0.337 e. The van der Waals surface area contributed by atoms with Crippen LogP contribution in [0.1, 0.15) is 22.5 Å². The van der Waals surface area contributed by atoms with Crippen molar-refractivity contribution in [2.24, 2.45) is 5.73 Å². The summed E-state index contributed by atoms with van der Waals surface area (Å²) in [5.41, 5.74) is 7.20. The van der Waals surface area contributed by atoms with Crippen molar-refractivity contribution < 1.29 is 4.79 Å². The lowest BCUT2D eigenvalue weighted by Crippen LogP contribution is -2.32. The number of hydrogen-bond acceptors (Lipinski definition) is 3. The van der Waals surface area contributed by atoms with Gasteiger partial charge in [-0.05, 0) is 13.3 Å². The Morgan fingerprint density at radius 2 is 2.57 bits per heavy atom. The van der Waals surface area contributed by atoms with Crippen molar-refractivity contribution in [2.75, 3.05) is 13.1 Å². The average Bonchev–Trinajstić information content (AvgIpc) is 2.73. The maximum Gasteiger partial charge on any atom is 0.257 e. The van der Waals surface area contributed by atoms with Gasteiger partial charge in [0.05, 0.1) is 11.8 Å². The van der Waals surface area contributed by atoms with E-state index in [0.717, 1.165) is 18.7 Å². The molecule has 1 aromatic rings. The number of nitrogens with two attached hydrogens (primary N) is 1. The van der Waals surface area contributed by atoms with Crippen LogP contribution >= 0.6 is 0 Å². The summed E-state index contributed by atoms with van der Waals surface area (Å²) in [6, 6.07) is 0.131. The molecule has 1 saturated heterocycles. The molecule has 1 amide bonds. The van der Waals surface area contributed by atoms with E-state index in [9.17, 15) is 4.79 Å². The monoisotopic (exact) mass is 194 g/mol. The number of likely N-dealkylation sites (tertiary alicyclic amines) is 1. The van der Waals surface area contributed by atoms with Gasteiger partial charge in [0.25, 0.3) is 5.91 Å². The van der Waals surface area contributed by atoms with Gasteiger partial charge in [-0.25, -0.2) is 0 Å². The fourth-order valence-electron chi connectivity index (χ4n) is 1.71. The Labute approximate surface area is 82.3 Å².